The number of hydrogen-bond acceptors (Lipinski definition) is 2. The SMILES string of the molecule is Cc1cc(F)cc(O[B]Oc2cc(C)cc(F)c2)c1. The van der Waals surface area contributed by atoms with Crippen LogP contribution in [0, 0.1) is 25.5 Å². The van der Waals surface area contributed by atoms with Gasteiger partial charge in [0.25, 0.3) is 0 Å². The van der Waals surface area contributed by atoms with Gasteiger partial charge >= 0.3 is 7.69 Å². The summed E-state index contributed by atoms with van der Waals surface area (Å²) in [4.78, 5) is 0. The fraction of sp³-hybridized carbons (Fsp3) is 0.143. The van der Waals surface area contributed by atoms with Crippen LogP contribution in [0.25, 0.3) is 0 Å². The normalized spacial score (nSPS) is 10.1. The number of benzene rings is 2. The Balaban J connectivity index is 1.96. The van der Waals surface area contributed by atoms with E-state index < -0.39 is 0 Å². The molecule has 0 unspecified atom stereocenters. The first-order valence-electron chi connectivity index (χ1n) is 5.72. The van der Waals surface area contributed by atoms with Gasteiger partial charge in [0.1, 0.15) is 23.1 Å². The Morgan fingerprint density at radius 2 is 1.16 bits per heavy atom. The maximum atomic E-state index is 13.1. The standard InChI is InChI=1S/C14H12BF2O2/c1-9-3-11(16)7-13(5-9)18-15-19-14-6-10(2)4-12(17)8-14/h3-8H,1-2H3. The molecule has 0 saturated carbocycles. The van der Waals surface area contributed by atoms with Crippen molar-refractivity contribution in [3.8, 4) is 11.5 Å². The van der Waals surface area contributed by atoms with Crippen LogP contribution in [0.15, 0.2) is 36.4 Å². The first-order valence-corrected chi connectivity index (χ1v) is 5.72. The summed E-state index contributed by atoms with van der Waals surface area (Å²) in [6.07, 6.45) is 0. The Morgan fingerprint density at radius 3 is 1.53 bits per heavy atom. The summed E-state index contributed by atoms with van der Waals surface area (Å²) in [6.45, 7) is 3.51. The fourth-order valence-corrected chi connectivity index (χ4v) is 1.68. The van der Waals surface area contributed by atoms with E-state index in [4.69, 9.17) is 9.31 Å². The van der Waals surface area contributed by atoms with Crippen LogP contribution in [0.4, 0.5) is 8.78 Å². The van der Waals surface area contributed by atoms with E-state index in [1.165, 1.54) is 24.3 Å². The van der Waals surface area contributed by atoms with Crippen LogP contribution in [0.5, 0.6) is 11.5 Å². The van der Waals surface area contributed by atoms with Crippen molar-refractivity contribution in [2.24, 2.45) is 0 Å². The Labute approximate surface area is 111 Å². The number of rotatable bonds is 4. The van der Waals surface area contributed by atoms with Crippen molar-refractivity contribution in [2.75, 3.05) is 0 Å². The second-order valence-corrected chi connectivity index (χ2v) is 4.26. The molecule has 0 spiro atoms. The minimum absolute atomic E-state index is 0.325. The summed E-state index contributed by atoms with van der Waals surface area (Å²) in [5.74, 6) is -0.119. The quantitative estimate of drug-likeness (QED) is 0.783. The highest BCUT2D eigenvalue weighted by molar-refractivity contribution is 6.20. The molecule has 0 aliphatic heterocycles. The molecule has 0 fully saturated rings. The molecular formula is C14H12BF2O2. The van der Waals surface area contributed by atoms with E-state index in [9.17, 15) is 8.78 Å². The molecule has 0 aromatic heterocycles. The molecule has 2 nitrogen and oxygen atoms in total. The van der Waals surface area contributed by atoms with Gasteiger partial charge in [-0.1, -0.05) is 0 Å². The maximum Gasteiger partial charge on any atom is 0.658 e. The molecule has 5 heteroatoms. The Hall–Kier alpha value is -2.04. The van der Waals surface area contributed by atoms with Gasteiger partial charge in [0, 0.05) is 12.1 Å². The van der Waals surface area contributed by atoms with Gasteiger partial charge in [-0.25, -0.2) is 8.78 Å². The van der Waals surface area contributed by atoms with Crippen molar-refractivity contribution in [3.63, 3.8) is 0 Å². The van der Waals surface area contributed by atoms with Crippen LogP contribution >= 0.6 is 0 Å². The topological polar surface area (TPSA) is 18.5 Å². The molecule has 2 rings (SSSR count). The second kappa shape index (κ2) is 5.74. The van der Waals surface area contributed by atoms with Crippen molar-refractivity contribution in [2.45, 2.75) is 13.8 Å². The van der Waals surface area contributed by atoms with Gasteiger partial charge in [-0.2, -0.15) is 0 Å². The third-order valence-corrected chi connectivity index (χ3v) is 2.40. The Morgan fingerprint density at radius 1 is 0.737 bits per heavy atom. The average molecular weight is 261 g/mol. The van der Waals surface area contributed by atoms with Crippen LogP contribution in [-0.2, 0) is 0 Å². The minimum atomic E-state index is -0.384. The van der Waals surface area contributed by atoms with Gasteiger partial charge in [0.05, 0.1) is 0 Å². The molecule has 2 aromatic carbocycles. The van der Waals surface area contributed by atoms with Gasteiger partial charge in [0.2, 0.25) is 0 Å². The number of halogens is 2. The summed E-state index contributed by atoms with van der Waals surface area (Å²) in [7, 11) is 1.04. The van der Waals surface area contributed by atoms with E-state index in [-0.39, 0.29) is 11.6 Å². The third kappa shape index (κ3) is 3.98. The van der Waals surface area contributed by atoms with Crippen molar-refractivity contribution < 1.29 is 18.1 Å². The summed E-state index contributed by atoms with van der Waals surface area (Å²) in [5.41, 5.74) is 1.48. The zero-order valence-corrected chi connectivity index (χ0v) is 10.6. The van der Waals surface area contributed by atoms with Crippen LogP contribution in [0.3, 0.4) is 0 Å². The molecule has 0 heterocycles. The summed E-state index contributed by atoms with van der Waals surface area (Å²) in [6, 6.07) is 8.60. The predicted molar refractivity (Wildman–Crippen MR) is 69.3 cm³/mol. The number of hydrogen-bond donors (Lipinski definition) is 0. The average Bonchev–Trinajstić information content (AvgIpc) is 2.26. The van der Waals surface area contributed by atoms with E-state index in [0.29, 0.717) is 11.5 Å². The molecule has 19 heavy (non-hydrogen) atoms. The molecule has 1 radical (unpaired) electrons. The zero-order chi connectivity index (χ0) is 13.8. The molecule has 0 bridgehead atoms. The van der Waals surface area contributed by atoms with Crippen LogP contribution in [-0.4, -0.2) is 7.69 Å². The van der Waals surface area contributed by atoms with E-state index in [0.717, 1.165) is 18.8 Å². The van der Waals surface area contributed by atoms with E-state index in [1.54, 1.807) is 26.0 Å². The highest BCUT2D eigenvalue weighted by Gasteiger charge is 2.05. The molecule has 0 amide bonds. The lowest BCUT2D eigenvalue weighted by atomic mass is 10.2. The smallest absolute Gasteiger partial charge is 0.526 e. The van der Waals surface area contributed by atoms with Gasteiger partial charge in [0.15, 0.2) is 0 Å². The van der Waals surface area contributed by atoms with E-state index in [2.05, 4.69) is 0 Å². The first-order chi connectivity index (χ1) is 9.02. The van der Waals surface area contributed by atoms with E-state index in [1.807, 2.05) is 0 Å². The second-order valence-electron chi connectivity index (χ2n) is 4.26. The first kappa shape index (κ1) is 13.4. The molecule has 0 saturated heterocycles. The third-order valence-electron chi connectivity index (χ3n) is 2.40. The lowest BCUT2D eigenvalue weighted by Gasteiger charge is -2.08. The van der Waals surface area contributed by atoms with Gasteiger partial charge < -0.3 is 9.31 Å². The largest absolute Gasteiger partial charge is 0.658 e. The van der Waals surface area contributed by atoms with Crippen molar-refractivity contribution >= 4 is 7.69 Å². The molecule has 2 aromatic rings. The van der Waals surface area contributed by atoms with E-state index >= 15 is 0 Å². The van der Waals surface area contributed by atoms with Gasteiger partial charge in [-0.15, -0.1) is 0 Å². The van der Waals surface area contributed by atoms with Crippen molar-refractivity contribution in [1.29, 1.82) is 0 Å². The summed E-state index contributed by atoms with van der Waals surface area (Å²) < 4.78 is 36.5. The van der Waals surface area contributed by atoms with Crippen LogP contribution < -0.4 is 9.31 Å². The predicted octanol–water partition coefficient (Wildman–Crippen LogP) is 3.57. The molecule has 0 atom stereocenters. The monoisotopic (exact) mass is 261 g/mol. The highest BCUT2D eigenvalue weighted by atomic mass is 19.1. The fourth-order valence-electron chi connectivity index (χ4n) is 1.68. The zero-order valence-electron chi connectivity index (χ0n) is 10.6. The highest BCUT2D eigenvalue weighted by Crippen LogP contribution is 2.17. The Bertz CT molecular complexity index is 496. The van der Waals surface area contributed by atoms with Crippen molar-refractivity contribution in [1.82, 2.24) is 0 Å². The van der Waals surface area contributed by atoms with Gasteiger partial charge in [-0.3, -0.25) is 0 Å². The number of aryl methyl sites for hydroxylation is 2. The van der Waals surface area contributed by atoms with Crippen molar-refractivity contribution in [3.05, 3.63) is 59.2 Å². The summed E-state index contributed by atoms with van der Waals surface area (Å²) >= 11 is 0. The van der Waals surface area contributed by atoms with Crippen LogP contribution in [0.1, 0.15) is 11.1 Å². The molecule has 0 N–H and O–H groups in total. The molecule has 97 valence electrons. The molecule has 0 aliphatic carbocycles. The lowest BCUT2D eigenvalue weighted by Crippen LogP contribution is -2.11. The van der Waals surface area contributed by atoms with Crippen LogP contribution in [0.2, 0.25) is 0 Å². The van der Waals surface area contributed by atoms with Gasteiger partial charge in [-0.05, 0) is 49.2 Å². The Kier molecular flexibility index (Phi) is 4.05. The maximum absolute atomic E-state index is 13.1. The summed E-state index contributed by atoms with van der Waals surface area (Å²) in [5, 5.41) is 0. The molecule has 0 aliphatic rings. The molecular weight excluding hydrogens is 249 g/mol. The minimum Gasteiger partial charge on any atom is -0.526 e. The lowest BCUT2D eigenvalue weighted by molar-refractivity contribution is 0.453.